The Morgan fingerprint density at radius 1 is 1.05 bits per heavy atom. The van der Waals surface area contributed by atoms with Crippen LogP contribution in [0.15, 0.2) is 11.3 Å². The molecule has 1 aliphatic heterocycles. The highest BCUT2D eigenvalue weighted by Gasteiger charge is 2.50. The van der Waals surface area contributed by atoms with E-state index in [4.69, 9.17) is 9.31 Å². The summed E-state index contributed by atoms with van der Waals surface area (Å²) in [5, 5.41) is 1.66. The number of rotatable bonds is 6. The van der Waals surface area contributed by atoms with Crippen molar-refractivity contribution < 1.29 is 9.31 Å². The normalized spacial score (nSPS) is 22.4. The van der Waals surface area contributed by atoms with Crippen molar-refractivity contribution in [3.05, 3.63) is 11.3 Å². The van der Waals surface area contributed by atoms with E-state index in [1.54, 1.807) is 5.20 Å². The third-order valence-electron chi connectivity index (χ3n) is 4.62. The van der Waals surface area contributed by atoms with Crippen LogP contribution in [0.4, 0.5) is 0 Å². The van der Waals surface area contributed by atoms with E-state index < -0.39 is 8.07 Å². The molecular formula is C16H33BO2Si. The maximum absolute atomic E-state index is 6.08. The van der Waals surface area contributed by atoms with Crippen LogP contribution in [-0.2, 0) is 9.31 Å². The van der Waals surface area contributed by atoms with E-state index >= 15 is 0 Å². The summed E-state index contributed by atoms with van der Waals surface area (Å²) in [6.45, 7) is 18.0. The van der Waals surface area contributed by atoms with Crippen LogP contribution < -0.4 is 0 Å². The van der Waals surface area contributed by atoms with Crippen molar-refractivity contribution in [2.45, 2.75) is 91.0 Å². The number of unbranched alkanes of at least 4 members (excludes halogenated alkanes) is 1. The maximum Gasteiger partial charge on any atom is 0.461 e. The molecule has 1 aliphatic rings. The molecule has 0 radical (unpaired) electrons. The molecule has 2 nitrogen and oxygen atoms in total. The molecule has 0 unspecified atom stereocenters. The van der Waals surface area contributed by atoms with Crippen molar-refractivity contribution in [3.8, 4) is 0 Å². The van der Waals surface area contributed by atoms with Crippen LogP contribution in [0.25, 0.3) is 0 Å². The van der Waals surface area contributed by atoms with E-state index in [-0.39, 0.29) is 18.3 Å². The first kappa shape index (κ1) is 18.0. The van der Waals surface area contributed by atoms with E-state index in [2.05, 4.69) is 60.3 Å². The van der Waals surface area contributed by atoms with Crippen LogP contribution in [-0.4, -0.2) is 26.4 Å². The highest BCUT2D eigenvalue weighted by atomic mass is 28.3. The van der Waals surface area contributed by atoms with E-state index in [0.717, 1.165) is 6.32 Å². The average molecular weight is 296 g/mol. The molecule has 0 aromatic carbocycles. The molecule has 1 rings (SSSR count). The monoisotopic (exact) mass is 296 g/mol. The third kappa shape index (κ3) is 4.47. The zero-order valence-corrected chi connectivity index (χ0v) is 15.8. The zero-order valence-electron chi connectivity index (χ0n) is 14.8. The van der Waals surface area contributed by atoms with E-state index in [1.165, 1.54) is 19.3 Å². The summed E-state index contributed by atoms with van der Waals surface area (Å²) in [7, 11) is -1.31. The lowest BCUT2D eigenvalue weighted by atomic mass is 9.84. The molecule has 116 valence electrons. The second-order valence-corrected chi connectivity index (χ2v) is 13.1. The van der Waals surface area contributed by atoms with Crippen molar-refractivity contribution in [2.24, 2.45) is 0 Å². The lowest BCUT2D eigenvalue weighted by Crippen LogP contribution is -2.41. The summed E-state index contributed by atoms with van der Waals surface area (Å²) in [6.07, 6.45) is 7.09. The smallest absolute Gasteiger partial charge is 0.403 e. The Balaban J connectivity index is 2.70. The van der Waals surface area contributed by atoms with Gasteiger partial charge in [-0.05, 0) is 34.1 Å². The second-order valence-electron chi connectivity index (χ2n) is 8.00. The first-order valence-electron chi connectivity index (χ1n) is 8.05. The maximum atomic E-state index is 6.08. The lowest BCUT2D eigenvalue weighted by molar-refractivity contribution is 0.00578. The highest BCUT2D eigenvalue weighted by molar-refractivity contribution is 6.83. The summed E-state index contributed by atoms with van der Waals surface area (Å²) in [5.41, 5.74) is -0.428. The third-order valence-corrected chi connectivity index (χ3v) is 7.00. The van der Waals surface area contributed by atoms with Crippen molar-refractivity contribution in [2.75, 3.05) is 0 Å². The molecule has 1 saturated heterocycles. The minimum Gasteiger partial charge on any atom is -0.403 e. The summed E-state index contributed by atoms with van der Waals surface area (Å²) in [6, 6.07) is 0. The fraction of sp³-hybridized carbons (Fsp3) is 0.875. The summed E-state index contributed by atoms with van der Waals surface area (Å²) in [5.74, 6) is 0. The number of allylic oxidation sites excluding steroid dienone is 2. The van der Waals surface area contributed by atoms with Gasteiger partial charge in [-0.2, -0.15) is 0 Å². The zero-order chi connectivity index (χ0) is 15.6. The highest BCUT2D eigenvalue weighted by Crippen LogP contribution is 2.38. The van der Waals surface area contributed by atoms with Gasteiger partial charge in [0.15, 0.2) is 0 Å². The molecule has 20 heavy (non-hydrogen) atoms. The van der Waals surface area contributed by atoms with Gasteiger partial charge in [0, 0.05) is 6.32 Å². The largest absolute Gasteiger partial charge is 0.461 e. The number of hydrogen-bond donors (Lipinski definition) is 0. The Labute approximate surface area is 127 Å². The molecule has 0 bridgehead atoms. The molecule has 4 heteroatoms. The van der Waals surface area contributed by atoms with Gasteiger partial charge in [-0.25, -0.2) is 0 Å². The molecule has 0 N–H and O–H groups in total. The minimum atomic E-state index is -1.22. The van der Waals surface area contributed by atoms with E-state index in [9.17, 15) is 0 Å². The Kier molecular flexibility index (Phi) is 5.73. The molecular weight excluding hydrogens is 263 g/mol. The van der Waals surface area contributed by atoms with Gasteiger partial charge < -0.3 is 9.31 Å². The van der Waals surface area contributed by atoms with Crippen molar-refractivity contribution in [3.63, 3.8) is 0 Å². The Bertz CT molecular complexity index is 340. The topological polar surface area (TPSA) is 18.5 Å². The van der Waals surface area contributed by atoms with E-state index in [0.29, 0.717) is 0 Å². The Morgan fingerprint density at radius 2 is 1.55 bits per heavy atom. The van der Waals surface area contributed by atoms with Gasteiger partial charge in [-0.15, -0.1) is 0 Å². The van der Waals surface area contributed by atoms with Gasteiger partial charge in [0.25, 0.3) is 0 Å². The van der Waals surface area contributed by atoms with Crippen LogP contribution in [0.2, 0.25) is 26.0 Å². The van der Waals surface area contributed by atoms with Gasteiger partial charge in [-0.3, -0.25) is 0 Å². The molecule has 1 fully saturated rings. The fourth-order valence-corrected chi connectivity index (χ4v) is 4.11. The van der Waals surface area contributed by atoms with Gasteiger partial charge in [0.2, 0.25) is 0 Å². The first-order chi connectivity index (χ1) is 8.99. The molecule has 0 aromatic heterocycles. The Morgan fingerprint density at radius 3 is 1.95 bits per heavy atom. The van der Waals surface area contributed by atoms with Gasteiger partial charge in [0.1, 0.15) is 0 Å². The molecule has 0 atom stereocenters. The molecule has 0 saturated carbocycles. The molecule has 1 heterocycles. The SMILES string of the molecule is CCCC/C(=C/CB1OC(C)(C)C(C)(C)O1)[Si](C)(C)C. The predicted octanol–water partition coefficient (Wildman–Crippen LogP) is 5.07. The van der Waals surface area contributed by atoms with Gasteiger partial charge >= 0.3 is 7.12 Å². The quantitative estimate of drug-likeness (QED) is 0.637. The molecule has 0 aromatic rings. The molecule has 0 amide bonds. The van der Waals surface area contributed by atoms with Gasteiger partial charge in [-0.1, -0.05) is 50.7 Å². The first-order valence-corrected chi connectivity index (χ1v) is 11.5. The molecule has 0 aliphatic carbocycles. The average Bonchev–Trinajstić information content (AvgIpc) is 2.45. The van der Waals surface area contributed by atoms with Crippen molar-refractivity contribution >= 4 is 15.2 Å². The van der Waals surface area contributed by atoms with Crippen LogP contribution in [0.5, 0.6) is 0 Å². The van der Waals surface area contributed by atoms with Crippen LogP contribution in [0.3, 0.4) is 0 Å². The predicted molar refractivity (Wildman–Crippen MR) is 91.8 cm³/mol. The van der Waals surface area contributed by atoms with Crippen molar-refractivity contribution in [1.29, 1.82) is 0 Å². The number of hydrogen-bond acceptors (Lipinski definition) is 2. The summed E-state index contributed by atoms with van der Waals surface area (Å²) < 4.78 is 12.2. The van der Waals surface area contributed by atoms with Gasteiger partial charge in [0.05, 0.1) is 19.3 Å². The Hall–Kier alpha value is -0.0582. The van der Waals surface area contributed by atoms with Crippen LogP contribution >= 0.6 is 0 Å². The minimum absolute atomic E-state index is 0.0898. The second kappa shape index (κ2) is 6.37. The fourth-order valence-electron chi connectivity index (χ4n) is 2.45. The molecule has 0 spiro atoms. The van der Waals surface area contributed by atoms with Crippen LogP contribution in [0.1, 0.15) is 53.9 Å². The standard InChI is InChI=1S/C16H33BO2Si/c1-9-10-11-14(20(6,7)8)12-13-17-18-15(2,3)16(4,5)19-17/h12H,9-11,13H2,1-8H3/b14-12-. The lowest BCUT2D eigenvalue weighted by Gasteiger charge is -2.32. The van der Waals surface area contributed by atoms with E-state index in [1.807, 2.05) is 0 Å². The van der Waals surface area contributed by atoms with Crippen LogP contribution in [0, 0.1) is 0 Å². The summed E-state index contributed by atoms with van der Waals surface area (Å²) >= 11 is 0. The summed E-state index contributed by atoms with van der Waals surface area (Å²) in [4.78, 5) is 0. The van der Waals surface area contributed by atoms with Crippen molar-refractivity contribution in [1.82, 2.24) is 0 Å².